The van der Waals surface area contributed by atoms with Crippen molar-refractivity contribution in [1.82, 2.24) is 5.32 Å². The third-order valence-corrected chi connectivity index (χ3v) is 5.25. The van der Waals surface area contributed by atoms with E-state index in [4.69, 9.17) is 14.5 Å². The molecule has 0 fully saturated rings. The van der Waals surface area contributed by atoms with Gasteiger partial charge in [0.15, 0.2) is 0 Å². The summed E-state index contributed by atoms with van der Waals surface area (Å²) in [6.07, 6.45) is 0.728. The minimum atomic E-state index is -0.394. The van der Waals surface area contributed by atoms with E-state index in [1.807, 2.05) is 45.0 Å². The number of allylic oxidation sites excluding steroid dienone is 2. The normalized spacial score (nSPS) is 20.1. The van der Waals surface area contributed by atoms with Crippen molar-refractivity contribution >= 4 is 23.5 Å². The van der Waals surface area contributed by atoms with Crippen LogP contribution in [0.3, 0.4) is 0 Å². The Kier molecular flexibility index (Phi) is 6.53. The zero-order valence-electron chi connectivity index (χ0n) is 19.1. The molecule has 7 heteroatoms. The second-order valence-electron chi connectivity index (χ2n) is 8.38. The minimum Gasteiger partial charge on any atom is -0.475 e. The molecule has 0 radical (unpaired) electrons. The first-order valence-corrected chi connectivity index (χ1v) is 10.6. The Balaban J connectivity index is 2.16. The molecule has 166 valence electrons. The molecule has 1 amide bonds. The highest BCUT2D eigenvalue weighted by Gasteiger charge is 2.40. The Morgan fingerprint density at radius 2 is 1.94 bits per heavy atom. The van der Waals surface area contributed by atoms with Crippen LogP contribution in [-0.4, -0.2) is 36.5 Å². The largest absolute Gasteiger partial charge is 0.475 e. The van der Waals surface area contributed by atoms with Crippen LogP contribution in [0.1, 0.15) is 59.4 Å². The average molecular weight is 426 g/mol. The number of anilines is 1. The van der Waals surface area contributed by atoms with Crippen molar-refractivity contribution in [2.24, 2.45) is 4.99 Å². The molecule has 7 nitrogen and oxygen atoms in total. The summed E-state index contributed by atoms with van der Waals surface area (Å²) in [4.78, 5) is 29.2. The summed E-state index contributed by atoms with van der Waals surface area (Å²) in [5.74, 6) is -0.342. The van der Waals surface area contributed by atoms with Gasteiger partial charge in [0, 0.05) is 35.5 Å². The summed E-state index contributed by atoms with van der Waals surface area (Å²) < 4.78 is 11.4. The quantitative estimate of drug-likeness (QED) is 0.672. The van der Waals surface area contributed by atoms with Gasteiger partial charge in [-0.25, -0.2) is 9.79 Å². The van der Waals surface area contributed by atoms with E-state index in [0.29, 0.717) is 23.8 Å². The van der Waals surface area contributed by atoms with Gasteiger partial charge in [0.1, 0.15) is 6.61 Å². The van der Waals surface area contributed by atoms with Gasteiger partial charge in [-0.1, -0.05) is 19.1 Å². The fraction of sp³-hybridized carbons (Fsp3) is 0.458. The van der Waals surface area contributed by atoms with Gasteiger partial charge in [-0.3, -0.25) is 4.79 Å². The van der Waals surface area contributed by atoms with Crippen molar-refractivity contribution < 1.29 is 19.1 Å². The van der Waals surface area contributed by atoms with Crippen LogP contribution < -0.4 is 10.6 Å². The Hall–Kier alpha value is -3.09. The standard InChI is InChI=1S/C24H31N3O4/c1-7-18-21(22-27-24(5,6)13-31-22)20(19(14(3)25-18)23(29)30-8-2)16-9-11-17(12-10-16)26-15(4)28/h9-12,20,25H,7-8,13H2,1-6H3,(H,26,28). The predicted molar refractivity (Wildman–Crippen MR) is 121 cm³/mol. The maximum atomic E-state index is 13.0. The molecule has 0 saturated heterocycles. The van der Waals surface area contributed by atoms with Gasteiger partial charge in [-0.15, -0.1) is 0 Å². The van der Waals surface area contributed by atoms with E-state index >= 15 is 0 Å². The fourth-order valence-corrected chi connectivity index (χ4v) is 3.93. The maximum absolute atomic E-state index is 13.0. The van der Waals surface area contributed by atoms with E-state index in [0.717, 1.165) is 29.0 Å². The summed E-state index contributed by atoms with van der Waals surface area (Å²) in [5, 5.41) is 6.17. The van der Waals surface area contributed by atoms with Gasteiger partial charge in [-0.05, 0) is 51.8 Å². The second kappa shape index (κ2) is 8.96. The summed E-state index contributed by atoms with van der Waals surface area (Å²) in [5.41, 5.74) is 4.38. The van der Waals surface area contributed by atoms with E-state index in [1.165, 1.54) is 6.92 Å². The lowest BCUT2D eigenvalue weighted by molar-refractivity contribution is -0.138. The van der Waals surface area contributed by atoms with Crippen LogP contribution >= 0.6 is 0 Å². The number of carbonyl (C=O) groups excluding carboxylic acids is 2. The van der Waals surface area contributed by atoms with Crippen LogP contribution in [0.15, 0.2) is 51.8 Å². The average Bonchev–Trinajstić information content (AvgIpc) is 3.06. The molecule has 1 unspecified atom stereocenters. The molecule has 2 N–H and O–H groups in total. The highest BCUT2D eigenvalue weighted by molar-refractivity contribution is 6.03. The van der Waals surface area contributed by atoms with Gasteiger partial charge < -0.3 is 20.1 Å². The number of amides is 1. The van der Waals surface area contributed by atoms with Crippen LogP contribution in [0, 0.1) is 0 Å². The van der Waals surface area contributed by atoms with Gasteiger partial charge in [0.2, 0.25) is 11.8 Å². The first-order chi connectivity index (χ1) is 14.7. The zero-order valence-corrected chi connectivity index (χ0v) is 19.1. The SMILES string of the molecule is CCOC(=O)C1=C(C)NC(CC)=C(C2=NC(C)(C)CO2)C1c1ccc(NC(C)=O)cc1. The minimum absolute atomic E-state index is 0.137. The van der Waals surface area contributed by atoms with Crippen molar-refractivity contribution in [3.63, 3.8) is 0 Å². The summed E-state index contributed by atoms with van der Waals surface area (Å²) in [6, 6.07) is 7.51. The molecule has 2 heterocycles. The summed E-state index contributed by atoms with van der Waals surface area (Å²) in [6.45, 7) is 12.0. The van der Waals surface area contributed by atoms with Gasteiger partial charge in [0.05, 0.1) is 17.7 Å². The molecule has 0 aliphatic carbocycles. The van der Waals surface area contributed by atoms with Crippen molar-refractivity contribution in [3.8, 4) is 0 Å². The number of esters is 1. The summed E-state index contributed by atoms with van der Waals surface area (Å²) in [7, 11) is 0. The molecule has 2 aliphatic heterocycles. The van der Waals surface area contributed by atoms with Gasteiger partial charge >= 0.3 is 5.97 Å². The highest BCUT2D eigenvalue weighted by atomic mass is 16.5. The molecule has 0 saturated carbocycles. The van der Waals surface area contributed by atoms with E-state index in [2.05, 4.69) is 17.6 Å². The van der Waals surface area contributed by atoms with Crippen molar-refractivity contribution in [2.75, 3.05) is 18.5 Å². The number of benzene rings is 1. The van der Waals surface area contributed by atoms with E-state index in [1.54, 1.807) is 6.92 Å². The molecule has 0 aromatic heterocycles. The van der Waals surface area contributed by atoms with E-state index in [9.17, 15) is 9.59 Å². The van der Waals surface area contributed by atoms with Crippen molar-refractivity contribution in [2.45, 2.75) is 59.4 Å². The Labute approximate surface area is 183 Å². The molecular formula is C24H31N3O4. The molecule has 1 atom stereocenters. The number of aliphatic imine (C=N–C) groups is 1. The zero-order chi connectivity index (χ0) is 22.8. The van der Waals surface area contributed by atoms with Crippen LogP contribution in [0.5, 0.6) is 0 Å². The van der Waals surface area contributed by atoms with Gasteiger partial charge in [0.25, 0.3) is 0 Å². The van der Waals surface area contributed by atoms with Crippen LogP contribution in [0.25, 0.3) is 0 Å². The number of hydrogen-bond acceptors (Lipinski definition) is 6. The first-order valence-electron chi connectivity index (χ1n) is 10.6. The molecule has 3 rings (SSSR count). The van der Waals surface area contributed by atoms with E-state index in [-0.39, 0.29) is 24.0 Å². The number of carbonyl (C=O) groups is 2. The van der Waals surface area contributed by atoms with Crippen LogP contribution in [0.2, 0.25) is 0 Å². The highest BCUT2D eigenvalue weighted by Crippen LogP contribution is 2.42. The molecule has 0 bridgehead atoms. The lowest BCUT2D eigenvalue weighted by atomic mass is 9.79. The molecule has 1 aromatic carbocycles. The number of nitrogens with one attached hydrogen (secondary N) is 2. The second-order valence-corrected chi connectivity index (χ2v) is 8.38. The topological polar surface area (TPSA) is 89.0 Å². The first kappa shape index (κ1) is 22.6. The molecular weight excluding hydrogens is 394 g/mol. The van der Waals surface area contributed by atoms with Crippen molar-refractivity contribution in [3.05, 3.63) is 52.4 Å². The number of dihydropyridines is 1. The number of ether oxygens (including phenoxy) is 2. The number of rotatable bonds is 6. The smallest absolute Gasteiger partial charge is 0.336 e. The molecule has 31 heavy (non-hydrogen) atoms. The molecule has 0 spiro atoms. The Morgan fingerprint density at radius 1 is 1.26 bits per heavy atom. The Morgan fingerprint density at radius 3 is 2.45 bits per heavy atom. The third-order valence-electron chi connectivity index (χ3n) is 5.25. The van der Waals surface area contributed by atoms with Crippen molar-refractivity contribution in [1.29, 1.82) is 0 Å². The number of nitrogens with zero attached hydrogens (tertiary/aromatic N) is 1. The Bertz CT molecular complexity index is 971. The lowest BCUT2D eigenvalue weighted by Gasteiger charge is -2.32. The predicted octanol–water partition coefficient (Wildman–Crippen LogP) is 4.04. The monoisotopic (exact) mass is 425 g/mol. The fourth-order valence-electron chi connectivity index (χ4n) is 3.93. The van der Waals surface area contributed by atoms with Crippen LogP contribution in [-0.2, 0) is 19.1 Å². The molecule has 2 aliphatic rings. The van der Waals surface area contributed by atoms with E-state index < -0.39 is 5.92 Å². The van der Waals surface area contributed by atoms with Crippen LogP contribution in [0.4, 0.5) is 5.69 Å². The maximum Gasteiger partial charge on any atom is 0.336 e. The lowest BCUT2D eigenvalue weighted by Crippen LogP contribution is -2.32. The molecule has 1 aromatic rings. The van der Waals surface area contributed by atoms with Gasteiger partial charge in [-0.2, -0.15) is 0 Å². The third kappa shape index (κ3) is 4.81. The number of hydrogen-bond donors (Lipinski definition) is 2. The summed E-state index contributed by atoms with van der Waals surface area (Å²) >= 11 is 0.